The van der Waals surface area contributed by atoms with Gasteiger partial charge in [-0.05, 0) is 51.8 Å². The van der Waals surface area contributed by atoms with Crippen LogP contribution in [0.1, 0.15) is 58.1 Å². The van der Waals surface area contributed by atoms with Crippen molar-refractivity contribution in [1.29, 1.82) is 0 Å². The Bertz CT molecular complexity index is 816. The van der Waals surface area contributed by atoms with Gasteiger partial charge in [0.25, 0.3) is 0 Å². The summed E-state index contributed by atoms with van der Waals surface area (Å²) in [7, 11) is 2.18. The molecular formula is C24H34N2O3. The third-order valence-electron chi connectivity index (χ3n) is 6.21. The molecule has 5 nitrogen and oxygen atoms in total. The fourth-order valence-corrected chi connectivity index (χ4v) is 4.55. The van der Waals surface area contributed by atoms with E-state index in [1.54, 1.807) is 4.90 Å². The number of fused-ring (bicyclic) bond motifs is 1. The number of likely N-dealkylation sites (tertiary alicyclic amines) is 1. The number of carbonyl (C=O) groups is 1. The maximum absolute atomic E-state index is 12.9. The van der Waals surface area contributed by atoms with E-state index in [1.165, 1.54) is 5.56 Å². The number of piperidine rings is 1. The molecule has 1 saturated heterocycles. The molecule has 3 heterocycles. The first-order chi connectivity index (χ1) is 13.6. The summed E-state index contributed by atoms with van der Waals surface area (Å²) >= 11 is 0. The van der Waals surface area contributed by atoms with E-state index in [-0.39, 0.29) is 11.7 Å². The second-order valence-electron chi connectivity index (χ2n) is 10.1. The molecule has 1 spiro atoms. The fourth-order valence-electron chi connectivity index (χ4n) is 4.55. The smallest absolute Gasteiger partial charge is 0.414 e. The number of carbonyl (C=O) groups excluding carboxylic acids is 1. The van der Waals surface area contributed by atoms with Crippen molar-refractivity contribution >= 4 is 11.8 Å². The Hall–Kier alpha value is -2.01. The Kier molecular flexibility index (Phi) is 5.14. The zero-order valence-electron chi connectivity index (χ0n) is 18.5. The lowest BCUT2D eigenvalue weighted by molar-refractivity contribution is 0.0269. The Morgan fingerprint density at radius 1 is 1.24 bits per heavy atom. The average Bonchev–Trinajstić information content (AvgIpc) is 3.00. The maximum Gasteiger partial charge on any atom is 0.414 e. The van der Waals surface area contributed by atoms with Gasteiger partial charge in [0.05, 0.1) is 5.70 Å². The number of ether oxygens (including phenoxy) is 2. The van der Waals surface area contributed by atoms with Crippen LogP contribution < -0.4 is 4.74 Å². The van der Waals surface area contributed by atoms with E-state index < -0.39 is 5.60 Å². The number of benzene rings is 1. The minimum absolute atomic E-state index is 0.0478. The normalized spacial score (nSPS) is 24.1. The van der Waals surface area contributed by atoms with E-state index in [0.29, 0.717) is 12.5 Å². The van der Waals surface area contributed by atoms with Gasteiger partial charge in [-0.1, -0.05) is 25.1 Å². The summed E-state index contributed by atoms with van der Waals surface area (Å²) in [5.74, 6) is 1.40. The molecule has 3 aliphatic heterocycles. The molecule has 0 bridgehead atoms. The van der Waals surface area contributed by atoms with Crippen molar-refractivity contribution in [3.05, 3.63) is 35.4 Å². The van der Waals surface area contributed by atoms with Crippen LogP contribution in [0, 0.1) is 5.92 Å². The highest BCUT2D eigenvalue weighted by atomic mass is 16.6. The van der Waals surface area contributed by atoms with Crippen LogP contribution in [0.3, 0.4) is 0 Å². The highest BCUT2D eigenvalue weighted by Crippen LogP contribution is 2.42. The van der Waals surface area contributed by atoms with Gasteiger partial charge >= 0.3 is 6.09 Å². The first-order valence-electron chi connectivity index (χ1n) is 10.9. The number of amides is 1. The van der Waals surface area contributed by atoms with Gasteiger partial charge in [0, 0.05) is 44.5 Å². The monoisotopic (exact) mass is 398 g/mol. The molecule has 1 amide bonds. The predicted octanol–water partition coefficient (Wildman–Crippen LogP) is 4.70. The van der Waals surface area contributed by atoms with Crippen molar-refractivity contribution in [2.24, 2.45) is 5.92 Å². The lowest BCUT2D eigenvalue weighted by Gasteiger charge is -2.37. The SMILES string of the molecule is C[C@H]1CC=C(c2ccc3c(c2)OC2(CCN(C)CC2)C3)N(C(=O)OC(C)(C)C)C1. The summed E-state index contributed by atoms with van der Waals surface area (Å²) in [6, 6.07) is 6.45. The molecule has 0 N–H and O–H groups in total. The molecule has 5 heteroatoms. The largest absolute Gasteiger partial charge is 0.487 e. The predicted molar refractivity (Wildman–Crippen MR) is 115 cm³/mol. The summed E-state index contributed by atoms with van der Waals surface area (Å²) in [4.78, 5) is 17.0. The minimum Gasteiger partial charge on any atom is -0.487 e. The Morgan fingerprint density at radius 2 is 1.97 bits per heavy atom. The molecule has 29 heavy (non-hydrogen) atoms. The molecule has 1 atom stereocenters. The summed E-state index contributed by atoms with van der Waals surface area (Å²) in [5, 5.41) is 0. The molecule has 158 valence electrons. The first kappa shape index (κ1) is 20.3. The lowest BCUT2D eigenvalue weighted by atomic mass is 9.87. The van der Waals surface area contributed by atoms with E-state index >= 15 is 0 Å². The number of rotatable bonds is 1. The molecule has 1 aromatic rings. The summed E-state index contributed by atoms with van der Waals surface area (Å²) < 4.78 is 12.2. The van der Waals surface area contributed by atoms with Crippen molar-refractivity contribution in [1.82, 2.24) is 9.80 Å². The molecular weight excluding hydrogens is 364 g/mol. The molecule has 1 fully saturated rings. The van der Waals surface area contributed by atoms with E-state index in [9.17, 15) is 4.79 Å². The molecule has 3 aliphatic rings. The molecule has 4 rings (SSSR count). The minimum atomic E-state index is -0.509. The lowest BCUT2D eigenvalue weighted by Crippen LogP contribution is -2.45. The number of nitrogens with zero attached hydrogens (tertiary/aromatic N) is 2. The van der Waals surface area contributed by atoms with Gasteiger partial charge in [0.2, 0.25) is 0 Å². The second-order valence-corrected chi connectivity index (χ2v) is 10.1. The van der Waals surface area contributed by atoms with Crippen molar-refractivity contribution in [2.45, 2.75) is 64.6 Å². The third kappa shape index (κ3) is 4.30. The number of hydrogen-bond acceptors (Lipinski definition) is 4. The van der Waals surface area contributed by atoms with Crippen LogP contribution >= 0.6 is 0 Å². The summed E-state index contributed by atoms with van der Waals surface area (Å²) in [5.41, 5.74) is 2.70. The second kappa shape index (κ2) is 7.35. The Labute approximate surface area is 174 Å². The van der Waals surface area contributed by atoms with Gasteiger partial charge in [-0.15, -0.1) is 0 Å². The van der Waals surface area contributed by atoms with Crippen LogP contribution in [0.25, 0.3) is 5.70 Å². The number of allylic oxidation sites excluding steroid dienone is 1. The Morgan fingerprint density at radius 3 is 2.66 bits per heavy atom. The average molecular weight is 399 g/mol. The van der Waals surface area contributed by atoms with Gasteiger partial charge in [-0.2, -0.15) is 0 Å². The van der Waals surface area contributed by atoms with Crippen LogP contribution in [0.15, 0.2) is 24.3 Å². The van der Waals surface area contributed by atoms with Gasteiger partial charge < -0.3 is 14.4 Å². The topological polar surface area (TPSA) is 42.0 Å². The van der Waals surface area contributed by atoms with Crippen molar-refractivity contribution in [3.8, 4) is 5.75 Å². The van der Waals surface area contributed by atoms with Crippen molar-refractivity contribution < 1.29 is 14.3 Å². The van der Waals surface area contributed by atoms with Gasteiger partial charge in [0.1, 0.15) is 17.0 Å². The quantitative estimate of drug-likeness (QED) is 0.687. The Balaban J connectivity index is 1.58. The summed E-state index contributed by atoms with van der Waals surface area (Å²) in [6.45, 7) is 10.7. The van der Waals surface area contributed by atoms with Gasteiger partial charge in [-0.25, -0.2) is 4.79 Å². The third-order valence-corrected chi connectivity index (χ3v) is 6.21. The fraction of sp³-hybridized carbons (Fsp3) is 0.625. The van der Waals surface area contributed by atoms with E-state index in [4.69, 9.17) is 9.47 Å². The zero-order valence-corrected chi connectivity index (χ0v) is 18.5. The highest BCUT2D eigenvalue weighted by Gasteiger charge is 2.41. The van der Waals surface area contributed by atoms with Crippen molar-refractivity contribution in [3.63, 3.8) is 0 Å². The van der Waals surface area contributed by atoms with Crippen LogP contribution in [-0.2, 0) is 11.2 Å². The van der Waals surface area contributed by atoms with Gasteiger partial charge in [-0.3, -0.25) is 4.90 Å². The zero-order chi connectivity index (χ0) is 20.8. The molecule has 0 radical (unpaired) electrons. The van der Waals surface area contributed by atoms with Crippen LogP contribution in [0.2, 0.25) is 0 Å². The van der Waals surface area contributed by atoms with Gasteiger partial charge in [0.15, 0.2) is 0 Å². The molecule has 0 aliphatic carbocycles. The number of hydrogen-bond donors (Lipinski definition) is 0. The molecule has 0 aromatic heterocycles. The standard InChI is InChI=1S/C24H34N2O3/c1-17-6-9-20(26(16-17)22(27)29-23(2,3)4)18-7-8-19-15-24(28-21(19)14-18)10-12-25(5)13-11-24/h7-9,14,17H,6,10-13,15-16H2,1-5H3/t17-/m0/s1. The van der Waals surface area contributed by atoms with Crippen LogP contribution in [-0.4, -0.2) is 53.8 Å². The van der Waals surface area contributed by atoms with E-state index in [2.05, 4.69) is 43.1 Å². The molecule has 0 unspecified atom stereocenters. The first-order valence-corrected chi connectivity index (χ1v) is 10.9. The molecule has 0 saturated carbocycles. The highest BCUT2D eigenvalue weighted by molar-refractivity contribution is 5.83. The van der Waals surface area contributed by atoms with E-state index in [1.807, 2.05) is 20.8 Å². The van der Waals surface area contributed by atoms with Crippen LogP contribution in [0.5, 0.6) is 5.75 Å². The molecule has 1 aromatic carbocycles. The van der Waals surface area contributed by atoms with Crippen LogP contribution in [0.4, 0.5) is 4.79 Å². The van der Waals surface area contributed by atoms with Crippen molar-refractivity contribution in [2.75, 3.05) is 26.7 Å². The van der Waals surface area contributed by atoms with E-state index in [0.717, 1.165) is 55.8 Å². The summed E-state index contributed by atoms with van der Waals surface area (Å²) in [6.07, 6.45) is 5.98. The maximum atomic E-state index is 12.9.